The van der Waals surface area contributed by atoms with E-state index in [1.165, 1.54) is 0 Å². The van der Waals surface area contributed by atoms with Gasteiger partial charge in [-0.25, -0.2) is 0 Å². The van der Waals surface area contributed by atoms with Crippen molar-refractivity contribution >= 4 is 17.4 Å². The number of piperazine rings is 1. The van der Waals surface area contributed by atoms with Crippen LogP contribution in [0.1, 0.15) is 5.56 Å². The van der Waals surface area contributed by atoms with E-state index in [-0.39, 0.29) is 12.5 Å². The van der Waals surface area contributed by atoms with Crippen LogP contribution in [0.2, 0.25) is 0 Å². The van der Waals surface area contributed by atoms with E-state index in [0.717, 1.165) is 48.8 Å². The van der Waals surface area contributed by atoms with Crippen LogP contribution < -0.4 is 15.0 Å². The highest BCUT2D eigenvalue weighted by atomic mass is 16.5. The van der Waals surface area contributed by atoms with E-state index in [1.807, 2.05) is 67.6 Å². The van der Waals surface area contributed by atoms with Crippen molar-refractivity contribution < 1.29 is 9.53 Å². The van der Waals surface area contributed by atoms with Crippen molar-refractivity contribution in [2.45, 2.75) is 6.92 Å². The van der Waals surface area contributed by atoms with Crippen molar-refractivity contribution in [2.75, 3.05) is 50.1 Å². The molecule has 2 aromatic carbocycles. The Morgan fingerprint density at radius 2 is 1.81 bits per heavy atom. The van der Waals surface area contributed by atoms with Crippen LogP contribution in [0, 0.1) is 6.92 Å². The summed E-state index contributed by atoms with van der Waals surface area (Å²) in [6.45, 7) is 5.87. The van der Waals surface area contributed by atoms with Crippen LogP contribution in [0.25, 0.3) is 11.3 Å². The Morgan fingerprint density at radius 1 is 1.00 bits per heavy atom. The molecule has 3 aromatic rings. The summed E-state index contributed by atoms with van der Waals surface area (Å²) in [4.78, 5) is 16.9. The third-order valence-electron chi connectivity index (χ3n) is 5.37. The Balaban J connectivity index is 1.37. The van der Waals surface area contributed by atoms with Gasteiger partial charge >= 0.3 is 0 Å². The lowest BCUT2D eigenvalue weighted by molar-refractivity contribution is -0.118. The molecule has 1 N–H and O–H groups in total. The largest absolute Gasteiger partial charge is 0.483 e. The predicted molar refractivity (Wildman–Crippen MR) is 122 cm³/mol. The van der Waals surface area contributed by atoms with Crippen molar-refractivity contribution in [3.05, 3.63) is 66.2 Å². The predicted octanol–water partition coefficient (Wildman–Crippen LogP) is 3.22. The third-order valence-corrected chi connectivity index (χ3v) is 5.37. The number of hydrogen-bond acceptors (Lipinski definition) is 6. The maximum absolute atomic E-state index is 12.3. The summed E-state index contributed by atoms with van der Waals surface area (Å²) in [7, 11) is 2.13. The molecule has 7 heteroatoms. The molecule has 160 valence electrons. The molecule has 4 rings (SSSR count). The summed E-state index contributed by atoms with van der Waals surface area (Å²) in [6.07, 6.45) is 0. The fourth-order valence-electron chi connectivity index (χ4n) is 3.50. The molecule has 1 aromatic heterocycles. The van der Waals surface area contributed by atoms with Gasteiger partial charge in [-0.3, -0.25) is 4.79 Å². The van der Waals surface area contributed by atoms with Crippen LogP contribution >= 0.6 is 0 Å². The number of rotatable bonds is 6. The molecule has 1 aliphatic rings. The van der Waals surface area contributed by atoms with Crippen LogP contribution in [-0.2, 0) is 4.79 Å². The lowest BCUT2D eigenvalue weighted by atomic mass is 10.1. The summed E-state index contributed by atoms with van der Waals surface area (Å²) in [5, 5.41) is 11.7. The monoisotopic (exact) mass is 417 g/mol. The van der Waals surface area contributed by atoms with Crippen LogP contribution in [-0.4, -0.2) is 60.8 Å². The number of carbonyl (C=O) groups is 1. The minimum atomic E-state index is -0.211. The highest BCUT2D eigenvalue weighted by molar-refractivity contribution is 5.92. The van der Waals surface area contributed by atoms with Gasteiger partial charge in [0.15, 0.2) is 12.4 Å². The van der Waals surface area contributed by atoms with Gasteiger partial charge < -0.3 is 19.9 Å². The Labute approximate surface area is 182 Å². The van der Waals surface area contributed by atoms with E-state index in [0.29, 0.717) is 11.4 Å². The molecule has 0 spiro atoms. The summed E-state index contributed by atoms with van der Waals surface area (Å²) >= 11 is 0. The van der Waals surface area contributed by atoms with Crippen molar-refractivity contribution in [2.24, 2.45) is 0 Å². The average Bonchev–Trinajstić information content (AvgIpc) is 2.79. The van der Waals surface area contributed by atoms with Crippen molar-refractivity contribution in [1.29, 1.82) is 0 Å². The zero-order valence-corrected chi connectivity index (χ0v) is 17.9. The fourth-order valence-corrected chi connectivity index (χ4v) is 3.50. The number of ether oxygens (including phenoxy) is 1. The highest BCUT2D eigenvalue weighted by Gasteiger charge is 2.16. The molecule has 0 bridgehead atoms. The van der Waals surface area contributed by atoms with Gasteiger partial charge in [-0.15, -0.1) is 10.2 Å². The van der Waals surface area contributed by atoms with E-state index < -0.39 is 0 Å². The van der Waals surface area contributed by atoms with E-state index >= 15 is 0 Å². The van der Waals surface area contributed by atoms with E-state index in [9.17, 15) is 4.79 Å². The summed E-state index contributed by atoms with van der Waals surface area (Å²) in [6, 6.07) is 19.2. The average molecular weight is 418 g/mol. The smallest absolute Gasteiger partial charge is 0.262 e. The number of likely N-dealkylation sites (N-methyl/N-ethyl adjacent to an activating group) is 1. The molecule has 0 unspecified atom stereocenters. The maximum Gasteiger partial charge on any atom is 0.262 e. The molecule has 1 saturated heterocycles. The first-order valence-corrected chi connectivity index (χ1v) is 10.4. The Hall–Kier alpha value is -3.45. The second kappa shape index (κ2) is 9.57. The first kappa shape index (κ1) is 20.8. The van der Waals surface area contributed by atoms with Gasteiger partial charge in [0.25, 0.3) is 5.91 Å². The normalized spacial score (nSPS) is 14.3. The zero-order valence-electron chi connectivity index (χ0n) is 17.9. The molecule has 0 saturated carbocycles. The molecule has 0 radical (unpaired) electrons. The van der Waals surface area contributed by atoms with Crippen LogP contribution in [0.15, 0.2) is 60.7 Å². The first-order valence-electron chi connectivity index (χ1n) is 10.4. The van der Waals surface area contributed by atoms with Gasteiger partial charge in [0.2, 0.25) is 0 Å². The number of aryl methyl sites for hydroxylation is 1. The highest BCUT2D eigenvalue weighted by Crippen LogP contribution is 2.22. The molecule has 7 nitrogen and oxygen atoms in total. The Morgan fingerprint density at radius 3 is 2.55 bits per heavy atom. The van der Waals surface area contributed by atoms with E-state index in [4.69, 9.17) is 4.74 Å². The van der Waals surface area contributed by atoms with Crippen LogP contribution in [0.5, 0.6) is 5.75 Å². The molecule has 2 heterocycles. The number of aromatic nitrogens is 2. The lowest BCUT2D eigenvalue weighted by Gasteiger charge is -2.32. The second-order valence-corrected chi connectivity index (χ2v) is 7.75. The van der Waals surface area contributed by atoms with E-state index in [1.54, 1.807) is 0 Å². The van der Waals surface area contributed by atoms with Crippen molar-refractivity contribution in [1.82, 2.24) is 15.1 Å². The third kappa shape index (κ3) is 5.38. The maximum atomic E-state index is 12.3. The number of amides is 1. The fraction of sp³-hybridized carbons (Fsp3) is 0.292. The Bertz CT molecular complexity index is 1030. The molecule has 31 heavy (non-hydrogen) atoms. The number of nitrogens with one attached hydrogen (secondary N) is 1. The van der Waals surface area contributed by atoms with Gasteiger partial charge in [0.1, 0.15) is 5.75 Å². The number of hydrogen-bond donors (Lipinski definition) is 1. The van der Waals surface area contributed by atoms with Crippen molar-refractivity contribution in [3.8, 4) is 17.0 Å². The Kier molecular flexibility index (Phi) is 6.43. The minimum Gasteiger partial charge on any atom is -0.483 e. The molecular formula is C24H27N5O2. The van der Waals surface area contributed by atoms with Crippen molar-refractivity contribution in [3.63, 3.8) is 0 Å². The number of anilines is 2. The summed E-state index contributed by atoms with van der Waals surface area (Å²) in [5.74, 6) is 1.40. The summed E-state index contributed by atoms with van der Waals surface area (Å²) in [5.41, 5.74) is 3.36. The minimum absolute atomic E-state index is 0.0470. The molecule has 1 fully saturated rings. The lowest BCUT2D eigenvalue weighted by Crippen LogP contribution is -2.44. The topological polar surface area (TPSA) is 70.6 Å². The molecule has 0 aliphatic carbocycles. The number of para-hydroxylation sites is 1. The van der Waals surface area contributed by atoms with Gasteiger partial charge in [0, 0.05) is 37.4 Å². The quantitative estimate of drug-likeness (QED) is 0.664. The van der Waals surface area contributed by atoms with Gasteiger partial charge in [-0.1, -0.05) is 30.3 Å². The first-order chi connectivity index (χ1) is 15.1. The number of nitrogens with zero attached hydrogens (tertiary/aromatic N) is 4. The SMILES string of the molecule is Cc1ccccc1OCC(=O)Nc1cccc(-c2ccc(N3CCN(C)CC3)nn2)c1. The number of carbonyl (C=O) groups excluding carboxylic acids is 1. The molecule has 1 amide bonds. The molecule has 0 atom stereocenters. The standard InChI is InChI=1S/C24H27N5O2/c1-18-6-3-4-9-22(18)31-17-24(30)25-20-8-5-7-19(16-20)21-10-11-23(27-26-21)29-14-12-28(2)13-15-29/h3-11,16H,12-15,17H2,1-2H3,(H,25,30). The zero-order chi connectivity index (χ0) is 21.6. The van der Waals surface area contributed by atoms with Gasteiger partial charge in [0.05, 0.1) is 5.69 Å². The van der Waals surface area contributed by atoms with E-state index in [2.05, 4.69) is 32.4 Å². The van der Waals surface area contributed by atoms with Crippen LogP contribution in [0.3, 0.4) is 0 Å². The van der Waals surface area contributed by atoms with Gasteiger partial charge in [-0.2, -0.15) is 0 Å². The number of benzene rings is 2. The summed E-state index contributed by atoms with van der Waals surface area (Å²) < 4.78 is 5.62. The van der Waals surface area contributed by atoms with Crippen LogP contribution in [0.4, 0.5) is 11.5 Å². The molecular weight excluding hydrogens is 390 g/mol. The second-order valence-electron chi connectivity index (χ2n) is 7.75. The molecule has 1 aliphatic heterocycles. The van der Waals surface area contributed by atoms with Gasteiger partial charge in [-0.05, 0) is 49.9 Å².